The molecule has 0 saturated heterocycles. The number of hydrogen-bond acceptors (Lipinski definition) is 8. The number of halogens is 1. The predicted octanol–water partition coefficient (Wildman–Crippen LogP) is 4.36. The number of sulfone groups is 1. The quantitative estimate of drug-likeness (QED) is 0.229. The van der Waals surface area contributed by atoms with Gasteiger partial charge in [0.15, 0.2) is 15.5 Å². The molecule has 0 saturated carbocycles. The van der Waals surface area contributed by atoms with Crippen molar-refractivity contribution in [2.75, 3.05) is 17.7 Å². The molecule has 0 aliphatic heterocycles. The van der Waals surface area contributed by atoms with Crippen molar-refractivity contribution >= 4 is 32.9 Å². The number of hydrogen-bond donors (Lipinski definition) is 3. The monoisotopic (exact) mass is 594 g/mol. The average Bonchev–Trinajstić information content (AvgIpc) is 3.49. The van der Waals surface area contributed by atoms with E-state index in [4.69, 9.17) is 21.7 Å². The van der Waals surface area contributed by atoms with Crippen LogP contribution in [0.15, 0.2) is 65.8 Å². The van der Waals surface area contributed by atoms with Crippen LogP contribution in [0, 0.1) is 6.92 Å². The van der Waals surface area contributed by atoms with Gasteiger partial charge < -0.3 is 20.1 Å². The molecule has 2 aromatic carbocycles. The lowest BCUT2D eigenvalue weighted by atomic mass is 10.0. The summed E-state index contributed by atoms with van der Waals surface area (Å²) in [5, 5.41) is 28.4. The summed E-state index contributed by atoms with van der Waals surface area (Å²) in [6.07, 6.45) is 3.66. The maximum absolute atomic E-state index is 12.8. The first-order valence-electron chi connectivity index (χ1n) is 13.0. The molecule has 214 valence electrons. The summed E-state index contributed by atoms with van der Waals surface area (Å²) in [6.45, 7) is 5.05. The van der Waals surface area contributed by atoms with Crippen molar-refractivity contribution in [1.82, 2.24) is 24.1 Å². The fraction of sp³-hybridized carbons (Fsp3) is 0.276. The first kappa shape index (κ1) is 28.7. The zero-order chi connectivity index (χ0) is 29.5. The standard InChI is InChI=1S/C29H31ClN6O4S/c1-18-26(20-8-9-22(30)23(15-20)41(39,40)13-12-37)28-33-24(29(2,3)38)16-25(36(28)34-18)32-17-19-6-5-7-21(14-19)27-31-10-11-35(27)4/h5-11,14-16,32,37-38H,12-13,17H2,1-4H3. The zero-order valence-corrected chi connectivity index (χ0v) is 24.7. The van der Waals surface area contributed by atoms with Crippen LogP contribution in [-0.2, 0) is 29.0 Å². The normalized spacial score (nSPS) is 12.3. The number of anilines is 1. The van der Waals surface area contributed by atoms with E-state index in [1.807, 2.05) is 42.9 Å². The van der Waals surface area contributed by atoms with Gasteiger partial charge in [0.05, 0.1) is 33.7 Å². The van der Waals surface area contributed by atoms with Gasteiger partial charge in [0.2, 0.25) is 0 Å². The first-order chi connectivity index (χ1) is 19.4. The molecule has 0 aliphatic carbocycles. The molecule has 3 heterocycles. The summed E-state index contributed by atoms with van der Waals surface area (Å²) in [5.74, 6) is 1.02. The topological polar surface area (TPSA) is 135 Å². The number of aryl methyl sites for hydroxylation is 2. The number of nitrogens with zero attached hydrogens (tertiary/aromatic N) is 5. The first-order valence-corrected chi connectivity index (χ1v) is 15.0. The van der Waals surface area contributed by atoms with E-state index in [1.54, 1.807) is 36.7 Å². The van der Waals surface area contributed by atoms with E-state index >= 15 is 0 Å². The van der Waals surface area contributed by atoms with E-state index in [2.05, 4.69) is 16.4 Å². The van der Waals surface area contributed by atoms with E-state index in [1.165, 1.54) is 12.1 Å². The predicted molar refractivity (Wildman–Crippen MR) is 159 cm³/mol. The lowest BCUT2D eigenvalue weighted by molar-refractivity contribution is 0.0740. The number of aliphatic hydroxyl groups is 2. The third-order valence-electron chi connectivity index (χ3n) is 6.79. The van der Waals surface area contributed by atoms with Gasteiger partial charge in [0.25, 0.3) is 0 Å². The molecule has 41 heavy (non-hydrogen) atoms. The highest BCUT2D eigenvalue weighted by molar-refractivity contribution is 7.91. The molecule has 3 aromatic heterocycles. The lowest BCUT2D eigenvalue weighted by Gasteiger charge is -2.19. The highest BCUT2D eigenvalue weighted by atomic mass is 35.5. The second-order valence-corrected chi connectivity index (χ2v) is 12.9. The van der Waals surface area contributed by atoms with Crippen molar-refractivity contribution in [2.24, 2.45) is 7.05 Å². The maximum atomic E-state index is 12.8. The number of aliphatic hydroxyl groups excluding tert-OH is 1. The Labute approximate surface area is 243 Å². The second-order valence-electron chi connectivity index (χ2n) is 10.4. The summed E-state index contributed by atoms with van der Waals surface area (Å²) in [5.41, 5.74) is 3.36. The summed E-state index contributed by atoms with van der Waals surface area (Å²) >= 11 is 6.25. The molecule has 0 atom stereocenters. The van der Waals surface area contributed by atoms with Gasteiger partial charge in [-0.15, -0.1) is 0 Å². The smallest absolute Gasteiger partial charge is 0.182 e. The number of nitrogens with one attached hydrogen (secondary N) is 1. The van der Waals surface area contributed by atoms with Crippen LogP contribution in [0.3, 0.4) is 0 Å². The van der Waals surface area contributed by atoms with Gasteiger partial charge in [-0.3, -0.25) is 0 Å². The molecule has 5 rings (SSSR count). The molecular weight excluding hydrogens is 564 g/mol. The molecule has 0 spiro atoms. The van der Waals surface area contributed by atoms with Crippen LogP contribution in [0.4, 0.5) is 5.82 Å². The Balaban J connectivity index is 1.59. The summed E-state index contributed by atoms with van der Waals surface area (Å²) < 4.78 is 29.2. The fourth-order valence-corrected chi connectivity index (χ4v) is 6.29. The van der Waals surface area contributed by atoms with Gasteiger partial charge in [-0.2, -0.15) is 9.61 Å². The SMILES string of the molecule is Cc1nn2c(NCc3cccc(-c4nccn4C)c3)cc(C(C)(C)O)nc2c1-c1ccc(Cl)c(S(=O)(=O)CCO)c1. The summed E-state index contributed by atoms with van der Waals surface area (Å²) in [6, 6.07) is 14.5. The Morgan fingerprint density at radius 3 is 2.56 bits per heavy atom. The van der Waals surface area contributed by atoms with Crippen molar-refractivity contribution in [1.29, 1.82) is 0 Å². The van der Waals surface area contributed by atoms with Gasteiger partial charge in [-0.05, 0) is 50.1 Å². The highest BCUT2D eigenvalue weighted by Crippen LogP contribution is 2.35. The van der Waals surface area contributed by atoms with Crippen molar-refractivity contribution in [3.8, 4) is 22.5 Å². The molecule has 5 aromatic rings. The molecule has 0 fully saturated rings. The molecule has 0 bridgehead atoms. The zero-order valence-electron chi connectivity index (χ0n) is 23.1. The number of fused-ring (bicyclic) bond motifs is 1. The Bertz CT molecular complexity index is 1860. The van der Waals surface area contributed by atoms with Crippen LogP contribution in [0.2, 0.25) is 5.02 Å². The minimum absolute atomic E-state index is 0.0663. The Morgan fingerprint density at radius 2 is 1.88 bits per heavy atom. The Hall–Kier alpha value is -3.77. The van der Waals surface area contributed by atoms with Gasteiger partial charge in [0, 0.05) is 43.2 Å². The molecule has 0 radical (unpaired) electrons. The fourth-order valence-electron chi connectivity index (χ4n) is 4.68. The van der Waals surface area contributed by atoms with Crippen molar-refractivity contribution in [3.63, 3.8) is 0 Å². The van der Waals surface area contributed by atoms with Crippen LogP contribution in [0.25, 0.3) is 28.2 Å². The summed E-state index contributed by atoms with van der Waals surface area (Å²) in [7, 11) is -1.86. The minimum atomic E-state index is -3.81. The molecular formula is C29H31ClN6O4S. The molecule has 0 amide bonds. The van der Waals surface area contributed by atoms with Crippen LogP contribution in [-0.4, -0.2) is 55.1 Å². The van der Waals surface area contributed by atoms with Crippen LogP contribution in [0.5, 0.6) is 0 Å². The number of benzene rings is 2. The molecule has 3 N–H and O–H groups in total. The highest BCUT2D eigenvalue weighted by Gasteiger charge is 2.25. The van der Waals surface area contributed by atoms with E-state index < -0.39 is 27.8 Å². The third kappa shape index (κ3) is 5.71. The number of aromatic nitrogens is 5. The average molecular weight is 595 g/mol. The van der Waals surface area contributed by atoms with E-state index in [-0.39, 0.29) is 9.92 Å². The van der Waals surface area contributed by atoms with Gasteiger partial charge >= 0.3 is 0 Å². The van der Waals surface area contributed by atoms with Crippen molar-refractivity contribution in [3.05, 3.63) is 82.9 Å². The Morgan fingerprint density at radius 1 is 1.10 bits per heavy atom. The lowest BCUT2D eigenvalue weighted by Crippen LogP contribution is -2.19. The van der Waals surface area contributed by atoms with E-state index in [0.717, 1.165) is 17.0 Å². The summed E-state index contributed by atoms with van der Waals surface area (Å²) in [4.78, 5) is 9.11. The molecule has 12 heteroatoms. The number of rotatable bonds is 9. The van der Waals surface area contributed by atoms with Gasteiger partial charge in [-0.1, -0.05) is 35.9 Å². The number of imidazole rings is 1. The Kier molecular flexibility index (Phi) is 7.64. The van der Waals surface area contributed by atoms with Crippen LogP contribution < -0.4 is 5.32 Å². The minimum Gasteiger partial charge on any atom is -0.395 e. The van der Waals surface area contributed by atoms with Crippen LogP contribution in [0.1, 0.15) is 30.8 Å². The van der Waals surface area contributed by atoms with Crippen molar-refractivity contribution in [2.45, 2.75) is 37.8 Å². The van der Waals surface area contributed by atoms with Crippen LogP contribution >= 0.6 is 11.6 Å². The largest absolute Gasteiger partial charge is 0.395 e. The van der Waals surface area contributed by atoms with E-state index in [0.29, 0.717) is 40.5 Å². The third-order valence-corrected chi connectivity index (χ3v) is 8.96. The molecule has 0 aliphatic rings. The molecule has 0 unspecified atom stereocenters. The van der Waals surface area contributed by atoms with Gasteiger partial charge in [0.1, 0.15) is 17.2 Å². The van der Waals surface area contributed by atoms with Crippen molar-refractivity contribution < 1.29 is 18.6 Å². The molecule has 10 nitrogen and oxygen atoms in total. The van der Waals surface area contributed by atoms with E-state index in [9.17, 15) is 18.6 Å². The maximum Gasteiger partial charge on any atom is 0.182 e. The second kappa shape index (κ2) is 10.9. The van der Waals surface area contributed by atoms with Gasteiger partial charge in [-0.25, -0.2) is 18.4 Å².